The molecule has 0 aromatic heterocycles. The number of benzene rings is 1. The Bertz CT molecular complexity index is 504. The number of nitrogens with two attached hydrogens (primary N) is 1. The van der Waals surface area contributed by atoms with Gasteiger partial charge in [-0.2, -0.15) is 0 Å². The summed E-state index contributed by atoms with van der Waals surface area (Å²) >= 11 is 3.29. The quantitative estimate of drug-likeness (QED) is 0.443. The van der Waals surface area contributed by atoms with Crippen molar-refractivity contribution in [1.29, 1.82) is 0 Å². The Kier molecular flexibility index (Phi) is 6.44. The van der Waals surface area contributed by atoms with Gasteiger partial charge in [-0.1, -0.05) is 0 Å². The van der Waals surface area contributed by atoms with Crippen molar-refractivity contribution in [2.45, 2.75) is 13.8 Å². The summed E-state index contributed by atoms with van der Waals surface area (Å²) < 4.78 is 5.48. The van der Waals surface area contributed by atoms with Crippen LogP contribution in [0.2, 0.25) is 0 Å². The van der Waals surface area contributed by atoms with Crippen LogP contribution in [-0.4, -0.2) is 43.8 Å². The fourth-order valence-corrected chi connectivity index (χ4v) is 2.27. The largest absolute Gasteiger partial charge is 0.633 e. The molecule has 0 spiro atoms. The summed E-state index contributed by atoms with van der Waals surface area (Å²) in [6.45, 7) is 5.33. The maximum Gasteiger partial charge on any atom is 0.255 e. The third-order valence-corrected chi connectivity index (χ3v) is 4.21. The summed E-state index contributed by atoms with van der Waals surface area (Å²) in [6.07, 6.45) is 0. The number of rotatable bonds is 7. The predicted octanol–water partition coefficient (Wildman–Crippen LogP) is 2.12. The molecule has 0 saturated carbocycles. The van der Waals surface area contributed by atoms with Crippen LogP contribution >= 0.6 is 15.9 Å². The topological polar surface area (TPSA) is 87.4 Å². The molecular weight excluding hydrogens is 338 g/mol. The molecule has 6 nitrogen and oxygen atoms in total. The highest BCUT2D eigenvalue weighted by molar-refractivity contribution is 9.10. The molecule has 0 aliphatic heterocycles. The Morgan fingerprint density at radius 2 is 2.05 bits per heavy atom. The number of halogens is 1. The van der Waals surface area contributed by atoms with Crippen LogP contribution in [0.1, 0.15) is 24.2 Å². The molecule has 0 bridgehead atoms. The second kappa shape index (κ2) is 7.63. The van der Waals surface area contributed by atoms with E-state index < -0.39 is 0 Å². The third kappa shape index (κ3) is 4.59. The van der Waals surface area contributed by atoms with Crippen LogP contribution in [0, 0.1) is 5.21 Å². The predicted molar refractivity (Wildman–Crippen MR) is 87.0 cm³/mol. The van der Waals surface area contributed by atoms with Crippen molar-refractivity contribution in [3.05, 3.63) is 27.4 Å². The van der Waals surface area contributed by atoms with Gasteiger partial charge in [-0.15, -0.1) is 0 Å². The second-order valence-corrected chi connectivity index (χ2v) is 5.60. The molecule has 1 aromatic carbocycles. The molecule has 0 unspecified atom stereocenters. The maximum atomic E-state index is 12.2. The van der Waals surface area contributed by atoms with Crippen LogP contribution in [-0.2, 0) is 0 Å². The molecule has 0 aliphatic carbocycles. The van der Waals surface area contributed by atoms with Gasteiger partial charge in [0.2, 0.25) is 0 Å². The summed E-state index contributed by atoms with van der Waals surface area (Å²) in [6, 6.07) is 3.20. The molecule has 0 fully saturated rings. The van der Waals surface area contributed by atoms with Crippen molar-refractivity contribution >= 4 is 27.5 Å². The molecule has 1 rings (SSSR count). The number of anilines is 1. The van der Waals surface area contributed by atoms with Crippen molar-refractivity contribution in [3.63, 3.8) is 0 Å². The van der Waals surface area contributed by atoms with Gasteiger partial charge in [-0.05, 0) is 35.8 Å². The van der Waals surface area contributed by atoms with Crippen molar-refractivity contribution in [2.75, 3.05) is 39.0 Å². The van der Waals surface area contributed by atoms with Gasteiger partial charge < -0.3 is 25.6 Å². The summed E-state index contributed by atoms with van der Waals surface area (Å²) in [5.41, 5.74) is 6.64. The van der Waals surface area contributed by atoms with Crippen LogP contribution in [0.3, 0.4) is 0 Å². The van der Waals surface area contributed by atoms with Gasteiger partial charge >= 0.3 is 0 Å². The lowest BCUT2D eigenvalue weighted by molar-refractivity contribution is -0.875. The lowest BCUT2D eigenvalue weighted by atomic mass is 10.1. The zero-order valence-electron chi connectivity index (χ0n) is 12.6. The van der Waals surface area contributed by atoms with Gasteiger partial charge in [-0.3, -0.25) is 4.79 Å². The number of methoxy groups -OCH3 is 1. The Hall–Kier alpha value is -1.31. The van der Waals surface area contributed by atoms with E-state index in [0.29, 0.717) is 47.7 Å². The van der Waals surface area contributed by atoms with Crippen LogP contribution in [0.25, 0.3) is 0 Å². The molecule has 7 heteroatoms. The number of likely N-dealkylation sites (N-methyl/N-ethyl adjacent to an activating group) is 1. The number of amides is 1. The maximum absolute atomic E-state index is 12.2. The molecule has 118 valence electrons. The smallest absolute Gasteiger partial charge is 0.255 e. The van der Waals surface area contributed by atoms with E-state index in [0.717, 1.165) is 0 Å². The monoisotopic (exact) mass is 359 g/mol. The molecule has 0 heterocycles. The van der Waals surface area contributed by atoms with Gasteiger partial charge in [0, 0.05) is 16.2 Å². The number of nitrogens with one attached hydrogen (secondary N) is 1. The SMILES string of the molecule is CC[N+]([O-])(CC)CCNC(=O)c1cc(Br)c(N)cc1OC. The highest BCUT2D eigenvalue weighted by Crippen LogP contribution is 2.29. The number of carbonyl (C=O) groups is 1. The normalized spacial score (nSPS) is 11.3. The number of carbonyl (C=O) groups excluding carboxylic acids is 1. The van der Waals surface area contributed by atoms with E-state index in [-0.39, 0.29) is 10.6 Å². The van der Waals surface area contributed by atoms with Gasteiger partial charge in [0.25, 0.3) is 5.91 Å². The Morgan fingerprint density at radius 1 is 1.43 bits per heavy atom. The van der Waals surface area contributed by atoms with Crippen LogP contribution < -0.4 is 15.8 Å². The zero-order valence-corrected chi connectivity index (χ0v) is 14.2. The zero-order chi connectivity index (χ0) is 16.0. The first kappa shape index (κ1) is 17.7. The molecule has 0 radical (unpaired) electrons. The lowest BCUT2D eigenvalue weighted by Crippen LogP contribution is -2.46. The Balaban J connectivity index is 2.74. The van der Waals surface area contributed by atoms with Crippen molar-refractivity contribution in [2.24, 2.45) is 0 Å². The number of nitrogens with zero attached hydrogens (tertiary/aromatic N) is 1. The molecule has 21 heavy (non-hydrogen) atoms. The summed E-state index contributed by atoms with van der Waals surface area (Å²) in [5, 5.41) is 14.9. The van der Waals surface area contributed by atoms with E-state index in [1.807, 2.05) is 13.8 Å². The first-order valence-corrected chi connectivity index (χ1v) is 7.64. The fourth-order valence-electron chi connectivity index (χ4n) is 1.92. The van der Waals surface area contributed by atoms with E-state index >= 15 is 0 Å². The highest BCUT2D eigenvalue weighted by Gasteiger charge is 2.16. The van der Waals surface area contributed by atoms with Gasteiger partial charge in [0.1, 0.15) is 5.75 Å². The lowest BCUT2D eigenvalue weighted by Gasteiger charge is -2.41. The second-order valence-electron chi connectivity index (χ2n) is 4.74. The average molecular weight is 360 g/mol. The molecule has 0 saturated heterocycles. The number of hydroxylamine groups is 3. The van der Waals surface area contributed by atoms with E-state index in [1.54, 1.807) is 12.1 Å². The van der Waals surface area contributed by atoms with Crippen molar-refractivity contribution in [3.8, 4) is 5.75 Å². The van der Waals surface area contributed by atoms with Gasteiger partial charge in [-0.25, -0.2) is 0 Å². The average Bonchev–Trinajstić information content (AvgIpc) is 2.49. The minimum atomic E-state index is -0.317. The fraction of sp³-hybridized carbons (Fsp3) is 0.500. The Labute approximate surface area is 133 Å². The molecule has 1 aromatic rings. The molecule has 1 amide bonds. The van der Waals surface area contributed by atoms with Crippen LogP contribution in [0.4, 0.5) is 5.69 Å². The standard InChI is InChI=1S/C14H22BrN3O3/c1-4-18(20,5-2)7-6-17-14(19)10-8-11(15)12(16)9-13(10)21-3/h8-9H,4-7,16H2,1-3H3,(H,17,19). The minimum Gasteiger partial charge on any atom is -0.633 e. The van der Waals surface area contributed by atoms with E-state index in [4.69, 9.17) is 10.5 Å². The number of quaternary nitrogens is 1. The van der Waals surface area contributed by atoms with Crippen LogP contribution in [0.5, 0.6) is 5.75 Å². The minimum absolute atomic E-state index is 0.286. The summed E-state index contributed by atoms with van der Waals surface area (Å²) in [7, 11) is 1.48. The number of hydrogen-bond acceptors (Lipinski definition) is 4. The van der Waals surface area contributed by atoms with Crippen LogP contribution in [0.15, 0.2) is 16.6 Å². The van der Waals surface area contributed by atoms with E-state index in [9.17, 15) is 10.0 Å². The Morgan fingerprint density at radius 3 is 2.57 bits per heavy atom. The first-order valence-electron chi connectivity index (χ1n) is 6.85. The third-order valence-electron chi connectivity index (χ3n) is 3.52. The van der Waals surface area contributed by atoms with Crippen molar-refractivity contribution < 1.29 is 14.2 Å². The van der Waals surface area contributed by atoms with E-state index in [2.05, 4.69) is 21.2 Å². The molecule has 0 atom stereocenters. The number of nitrogen functional groups attached to an aromatic ring is 1. The summed E-state index contributed by atoms with van der Waals surface area (Å²) in [5.74, 6) is 0.119. The molecule has 3 N–H and O–H groups in total. The number of hydrogen-bond donors (Lipinski definition) is 2. The van der Waals surface area contributed by atoms with Crippen molar-refractivity contribution in [1.82, 2.24) is 5.32 Å². The van der Waals surface area contributed by atoms with Gasteiger partial charge in [0.05, 0.1) is 38.9 Å². The first-order chi connectivity index (χ1) is 9.86. The summed E-state index contributed by atoms with van der Waals surface area (Å²) in [4.78, 5) is 12.2. The highest BCUT2D eigenvalue weighted by atomic mass is 79.9. The molecule has 0 aliphatic rings. The number of ether oxygens (including phenoxy) is 1. The van der Waals surface area contributed by atoms with E-state index in [1.165, 1.54) is 7.11 Å². The van der Waals surface area contributed by atoms with Gasteiger partial charge in [0.15, 0.2) is 0 Å². The molecular formula is C14H22BrN3O3.